The molecule has 0 aliphatic rings. The van der Waals surface area contributed by atoms with Crippen molar-refractivity contribution < 1.29 is 4.79 Å². The molecule has 2 heterocycles. The Balaban J connectivity index is 2.06. The average Bonchev–Trinajstić information content (AvgIpc) is 2.38. The summed E-state index contributed by atoms with van der Waals surface area (Å²) in [5.41, 5.74) is 1.57. The van der Waals surface area contributed by atoms with Crippen LogP contribution in [0.15, 0.2) is 45.3 Å². The third kappa shape index (κ3) is 3.46. The van der Waals surface area contributed by atoms with Crippen LogP contribution in [0.4, 0.5) is 0 Å². The van der Waals surface area contributed by atoms with E-state index in [0.717, 1.165) is 12.3 Å². The summed E-state index contributed by atoms with van der Waals surface area (Å²) in [4.78, 5) is 41.7. The molecule has 0 fully saturated rings. The van der Waals surface area contributed by atoms with Gasteiger partial charge in [0.25, 0.3) is 11.5 Å². The van der Waals surface area contributed by atoms with Crippen molar-refractivity contribution >= 4 is 12.1 Å². The third-order valence-corrected chi connectivity index (χ3v) is 2.07. The van der Waals surface area contributed by atoms with Crippen molar-refractivity contribution in [3.63, 3.8) is 0 Å². The van der Waals surface area contributed by atoms with Crippen LogP contribution in [0.3, 0.4) is 0 Å². The van der Waals surface area contributed by atoms with Gasteiger partial charge in [0.1, 0.15) is 0 Å². The Bertz CT molecular complexity index is 689. The molecule has 0 spiro atoms. The van der Waals surface area contributed by atoms with Crippen LogP contribution >= 0.6 is 0 Å². The minimum Gasteiger partial charge on any atom is -0.306 e. The Morgan fingerprint density at radius 1 is 1.37 bits per heavy atom. The molecule has 0 bridgehead atoms. The zero-order valence-corrected chi connectivity index (χ0v) is 9.58. The number of nitrogens with one attached hydrogen (secondary N) is 3. The fourth-order valence-corrected chi connectivity index (χ4v) is 1.28. The van der Waals surface area contributed by atoms with Gasteiger partial charge in [0.15, 0.2) is 0 Å². The van der Waals surface area contributed by atoms with E-state index in [0.29, 0.717) is 5.56 Å². The summed E-state index contributed by atoms with van der Waals surface area (Å²) in [7, 11) is 0. The largest absolute Gasteiger partial charge is 0.326 e. The molecule has 3 N–H and O–H groups in total. The maximum absolute atomic E-state index is 11.6. The summed E-state index contributed by atoms with van der Waals surface area (Å²) in [5, 5.41) is 3.62. The van der Waals surface area contributed by atoms with E-state index in [1.165, 1.54) is 6.20 Å². The Morgan fingerprint density at radius 2 is 2.21 bits per heavy atom. The predicted molar refractivity (Wildman–Crippen MR) is 67.0 cm³/mol. The first-order chi connectivity index (χ1) is 9.15. The van der Waals surface area contributed by atoms with Crippen LogP contribution in [0, 0.1) is 0 Å². The Labute approximate surface area is 106 Å². The van der Waals surface area contributed by atoms with Crippen molar-refractivity contribution in [1.82, 2.24) is 20.4 Å². The summed E-state index contributed by atoms with van der Waals surface area (Å²) in [6, 6.07) is 4.33. The number of hydrogen-bond acceptors (Lipinski definition) is 5. The molecule has 0 saturated carbocycles. The Morgan fingerprint density at radius 3 is 2.89 bits per heavy atom. The monoisotopic (exact) mass is 259 g/mol. The average molecular weight is 259 g/mol. The summed E-state index contributed by atoms with van der Waals surface area (Å²) in [6.07, 6.45) is 4.09. The molecule has 0 saturated heterocycles. The number of aromatic amines is 2. The third-order valence-electron chi connectivity index (χ3n) is 2.07. The summed E-state index contributed by atoms with van der Waals surface area (Å²) < 4.78 is 0. The van der Waals surface area contributed by atoms with E-state index in [-0.39, 0.29) is 5.69 Å². The first kappa shape index (κ1) is 12.4. The van der Waals surface area contributed by atoms with Crippen LogP contribution in [0.1, 0.15) is 16.1 Å². The van der Waals surface area contributed by atoms with Crippen molar-refractivity contribution in [2.24, 2.45) is 5.10 Å². The van der Waals surface area contributed by atoms with Gasteiger partial charge in [0, 0.05) is 18.5 Å². The molecule has 2 rings (SSSR count). The first-order valence-corrected chi connectivity index (χ1v) is 5.22. The van der Waals surface area contributed by atoms with Gasteiger partial charge in [0.2, 0.25) is 0 Å². The molecule has 0 aliphatic heterocycles. The number of amides is 1. The van der Waals surface area contributed by atoms with Crippen LogP contribution in [0.2, 0.25) is 0 Å². The molecule has 96 valence electrons. The molecule has 2 aromatic rings. The summed E-state index contributed by atoms with van der Waals surface area (Å²) in [6.45, 7) is 0. The zero-order chi connectivity index (χ0) is 13.7. The molecule has 8 heteroatoms. The van der Waals surface area contributed by atoms with Gasteiger partial charge >= 0.3 is 5.69 Å². The van der Waals surface area contributed by atoms with E-state index in [1.807, 2.05) is 4.98 Å². The normalized spacial score (nSPS) is 10.5. The second kappa shape index (κ2) is 5.54. The maximum atomic E-state index is 11.6. The number of rotatable bonds is 3. The first-order valence-electron chi connectivity index (χ1n) is 5.22. The van der Waals surface area contributed by atoms with Crippen LogP contribution in [0.5, 0.6) is 0 Å². The standard InChI is InChI=1S/C11H9N5O3/c17-9-4-8(14-11(19)15-9)6-13-16-10(18)7-2-1-3-12-5-7/h1-6H,(H,16,18)(H2,14,15,17,19)/b13-6+. The van der Waals surface area contributed by atoms with Crippen molar-refractivity contribution in [2.75, 3.05) is 0 Å². The Kier molecular flexibility index (Phi) is 3.62. The molecule has 0 aliphatic carbocycles. The number of hydrazone groups is 1. The second-order valence-electron chi connectivity index (χ2n) is 3.48. The number of pyridine rings is 1. The number of aromatic nitrogens is 3. The smallest absolute Gasteiger partial charge is 0.306 e. The van der Waals surface area contributed by atoms with E-state index in [1.54, 1.807) is 18.3 Å². The van der Waals surface area contributed by atoms with Gasteiger partial charge in [-0.2, -0.15) is 5.10 Å². The van der Waals surface area contributed by atoms with Crippen LogP contribution in [-0.4, -0.2) is 27.1 Å². The van der Waals surface area contributed by atoms with Crippen LogP contribution < -0.4 is 16.7 Å². The second-order valence-corrected chi connectivity index (χ2v) is 3.48. The van der Waals surface area contributed by atoms with Gasteiger partial charge in [-0.1, -0.05) is 0 Å². The van der Waals surface area contributed by atoms with E-state index >= 15 is 0 Å². The molecule has 0 aromatic carbocycles. The summed E-state index contributed by atoms with van der Waals surface area (Å²) in [5.74, 6) is -0.448. The number of nitrogens with zero attached hydrogens (tertiary/aromatic N) is 2. The van der Waals surface area contributed by atoms with Crippen LogP contribution in [-0.2, 0) is 0 Å². The van der Waals surface area contributed by atoms with E-state index in [9.17, 15) is 14.4 Å². The van der Waals surface area contributed by atoms with Gasteiger partial charge in [-0.05, 0) is 12.1 Å². The summed E-state index contributed by atoms with van der Waals surface area (Å²) >= 11 is 0. The molecule has 8 nitrogen and oxygen atoms in total. The molecule has 19 heavy (non-hydrogen) atoms. The predicted octanol–water partition coefficient (Wildman–Crippen LogP) is -0.778. The lowest BCUT2D eigenvalue weighted by atomic mass is 10.3. The number of carbonyl (C=O) groups is 1. The van der Waals surface area contributed by atoms with Crippen LogP contribution in [0.25, 0.3) is 0 Å². The number of hydrogen-bond donors (Lipinski definition) is 3. The van der Waals surface area contributed by atoms with Gasteiger partial charge in [-0.15, -0.1) is 0 Å². The van der Waals surface area contributed by atoms with Crippen molar-refractivity contribution in [1.29, 1.82) is 0 Å². The SMILES string of the molecule is O=C(N/N=C/c1cc(=O)[nH]c(=O)[nH]1)c1cccnc1. The minimum atomic E-state index is -0.646. The lowest BCUT2D eigenvalue weighted by molar-refractivity contribution is 0.0955. The highest BCUT2D eigenvalue weighted by Gasteiger charge is 2.02. The molecule has 0 atom stereocenters. The molecular weight excluding hydrogens is 250 g/mol. The lowest BCUT2D eigenvalue weighted by Gasteiger charge is -1.97. The van der Waals surface area contributed by atoms with E-state index in [2.05, 4.69) is 20.5 Å². The Hall–Kier alpha value is -3.03. The highest BCUT2D eigenvalue weighted by atomic mass is 16.2. The van der Waals surface area contributed by atoms with Crippen molar-refractivity contribution in [3.8, 4) is 0 Å². The highest BCUT2D eigenvalue weighted by Crippen LogP contribution is 1.94. The maximum Gasteiger partial charge on any atom is 0.326 e. The zero-order valence-electron chi connectivity index (χ0n) is 9.58. The van der Waals surface area contributed by atoms with Gasteiger partial charge in [-0.3, -0.25) is 19.6 Å². The minimum absolute atomic E-state index is 0.181. The van der Waals surface area contributed by atoms with E-state index < -0.39 is 17.2 Å². The highest BCUT2D eigenvalue weighted by molar-refractivity contribution is 5.94. The van der Waals surface area contributed by atoms with Gasteiger partial charge in [0.05, 0.1) is 17.5 Å². The molecule has 1 amide bonds. The van der Waals surface area contributed by atoms with Gasteiger partial charge < -0.3 is 4.98 Å². The number of H-pyrrole nitrogens is 2. The topological polar surface area (TPSA) is 120 Å². The number of carbonyl (C=O) groups excluding carboxylic acids is 1. The lowest BCUT2D eigenvalue weighted by Crippen LogP contribution is -2.23. The fraction of sp³-hybridized carbons (Fsp3) is 0. The van der Waals surface area contributed by atoms with Crippen molar-refractivity contribution in [3.05, 3.63) is 62.7 Å². The molecule has 0 radical (unpaired) electrons. The quantitative estimate of drug-likeness (QED) is 0.494. The van der Waals surface area contributed by atoms with Crippen molar-refractivity contribution in [2.45, 2.75) is 0 Å². The molecule has 0 unspecified atom stereocenters. The van der Waals surface area contributed by atoms with E-state index in [4.69, 9.17) is 0 Å². The fourth-order valence-electron chi connectivity index (χ4n) is 1.28. The molecule has 2 aromatic heterocycles. The van der Waals surface area contributed by atoms with Gasteiger partial charge in [-0.25, -0.2) is 10.2 Å². The molecular formula is C11H9N5O3.